The summed E-state index contributed by atoms with van der Waals surface area (Å²) in [5.74, 6) is -0.415. The van der Waals surface area contributed by atoms with E-state index in [-0.39, 0.29) is 6.61 Å². The van der Waals surface area contributed by atoms with Crippen LogP contribution in [0.3, 0.4) is 0 Å². The van der Waals surface area contributed by atoms with E-state index in [1.165, 1.54) is 25.7 Å². The number of carbonyl (C=O) groups is 2. The van der Waals surface area contributed by atoms with Gasteiger partial charge in [0.15, 0.2) is 0 Å². The molecule has 0 aromatic rings. The Morgan fingerprint density at radius 1 is 1.00 bits per heavy atom. The van der Waals surface area contributed by atoms with Crippen LogP contribution in [0.25, 0.3) is 0 Å². The van der Waals surface area contributed by atoms with Gasteiger partial charge in [0.05, 0.1) is 13.2 Å². The first-order valence-corrected chi connectivity index (χ1v) is 7.21. The molecule has 0 bridgehead atoms. The fourth-order valence-electron chi connectivity index (χ4n) is 1.59. The van der Waals surface area contributed by atoms with Gasteiger partial charge in [-0.3, -0.25) is 0 Å². The molecule has 0 fully saturated rings. The second kappa shape index (κ2) is 11.8. The van der Waals surface area contributed by atoms with Crippen molar-refractivity contribution >= 4 is 12.1 Å². The third kappa shape index (κ3) is 10.4. The Bertz CT molecular complexity index is 256. The maximum absolute atomic E-state index is 11.5. The molecule has 0 rings (SSSR count). The monoisotopic (exact) mass is 273 g/mol. The summed E-state index contributed by atoms with van der Waals surface area (Å²) in [6, 6.07) is -0.667. The summed E-state index contributed by atoms with van der Waals surface area (Å²) >= 11 is 0. The van der Waals surface area contributed by atoms with Crippen LogP contribution < -0.4 is 5.32 Å². The molecular formula is C14H27NO4. The van der Waals surface area contributed by atoms with Crippen LogP contribution in [-0.2, 0) is 14.3 Å². The van der Waals surface area contributed by atoms with Crippen LogP contribution in [0, 0.1) is 0 Å². The van der Waals surface area contributed by atoms with Crippen molar-refractivity contribution < 1.29 is 19.1 Å². The lowest BCUT2D eigenvalue weighted by molar-refractivity contribution is -0.145. The third-order valence-corrected chi connectivity index (χ3v) is 2.71. The summed E-state index contributed by atoms with van der Waals surface area (Å²) in [6.07, 6.45) is 6.28. The van der Waals surface area contributed by atoms with Gasteiger partial charge in [-0.05, 0) is 20.3 Å². The van der Waals surface area contributed by atoms with Crippen LogP contribution in [0.2, 0.25) is 0 Å². The lowest BCUT2D eigenvalue weighted by atomic mass is 10.1. The van der Waals surface area contributed by atoms with E-state index in [4.69, 9.17) is 4.74 Å². The highest BCUT2D eigenvalue weighted by molar-refractivity contribution is 5.80. The van der Waals surface area contributed by atoms with Crippen molar-refractivity contribution in [1.82, 2.24) is 5.32 Å². The minimum Gasteiger partial charge on any atom is -0.464 e. The van der Waals surface area contributed by atoms with E-state index in [1.54, 1.807) is 13.8 Å². The molecule has 0 saturated carbocycles. The fourth-order valence-corrected chi connectivity index (χ4v) is 1.59. The maximum Gasteiger partial charge on any atom is 0.407 e. The molecule has 1 atom stereocenters. The average Bonchev–Trinajstić information content (AvgIpc) is 2.37. The van der Waals surface area contributed by atoms with E-state index in [2.05, 4.69) is 17.0 Å². The van der Waals surface area contributed by atoms with Crippen molar-refractivity contribution in [2.45, 2.75) is 65.3 Å². The van der Waals surface area contributed by atoms with Crippen LogP contribution in [0.5, 0.6) is 0 Å². The van der Waals surface area contributed by atoms with Gasteiger partial charge in [-0.1, -0.05) is 39.0 Å². The fraction of sp³-hybridized carbons (Fsp3) is 0.857. The minimum atomic E-state index is -0.667. The highest BCUT2D eigenvalue weighted by Crippen LogP contribution is 2.05. The molecular weight excluding hydrogens is 246 g/mol. The molecule has 1 unspecified atom stereocenters. The second-order valence-corrected chi connectivity index (χ2v) is 4.52. The number of ether oxygens (including phenoxy) is 2. The Balaban J connectivity index is 3.54. The number of alkyl carbamates (subject to hydrolysis) is 1. The Morgan fingerprint density at radius 2 is 1.63 bits per heavy atom. The third-order valence-electron chi connectivity index (χ3n) is 2.71. The standard InChI is InChI=1S/C14H27NO4/c1-4-6-7-8-9-10-11-19-13(16)12(3)15-14(17)18-5-2/h12H,4-11H2,1-3H3,(H,15,17). The molecule has 112 valence electrons. The molecule has 1 N–H and O–H groups in total. The minimum absolute atomic E-state index is 0.283. The van der Waals surface area contributed by atoms with Crippen molar-refractivity contribution in [2.75, 3.05) is 13.2 Å². The van der Waals surface area contributed by atoms with Gasteiger partial charge in [-0.25, -0.2) is 9.59 Å². The van der Waals surface area contributed by atoms with Crippen LogP contribution in [0.4, 0.5) is 4.79 Å². The van der Waals surface area contributed by atoms with Crippen LogP contribution in [0.15, 0.2) is 0 Å². The van der Waals surface area contributed by atoms with Crippen molar-refractivity contribution in [3.63, 3.8) is 0 Å². The van der Waals surface area contributed by atoms with E-state index in [0.29, 0.717) is 6.61 Å². The van der Waals surface area contributed by atoms with E-state index < -0.39 is 18.1 Å². The number of hydrogen-bond donors (Lipinski definition) is 1. The van der Waals surface area contributed by atoms with Gasteiger partial charge in [0.2, 0.25) is 0 Å². The predicted octanol–water partition coefficient (Wildman–Crippen LogP) is 3.02. The van der Waals surface area contributed by atoms with E-state index in [0.717, 1.165) is 12.8 Å². The zero-order valence-electron chi connectivity index (χ0n) is 12.4. The highest BCUT2D eigenvalue weighted by Gasteiger charge is 2.17. The molecule has 1 amide bonds. The zero-order valence-corrected chi connectivity index (χ0v) is 12.4. The SMILES string of the molecule is CCCCCCCCOC(=O)C(C)NC(=O)OCC. The topological polar surface area (TPSA) is 64.6 Å². The Morgan fingerprint density at radius 3 is 2.26 bits per heavy atom. The van der Waals surface area contributed by atoms with Gasteiger partial charge in [0.1, 0.15) is 6.04 Å². The van der Waals surface area contributed by atoms with E-state index >= 15 is 0 Å². The number of rotatable bonds is 10. The summed E-state index contributed by atoms with van der Waals surface area (Å²) < 4.78 is 9.77. The Kier molecular flexibility index (Phi) is 11.0. The van der Waals surface area contributed by atoms with Crippen molar-refractivity contribution in [3.8, 4) is 0 Å². The number of carbonyl (C=O) groups excluding carboxylic acids is 2. The first kappa shape index (κ1) is 17.7. The number of amides is 1. The average molecular weight is 273 g/mol. The predicted molar refractivity (Wildman–Crippen MR) is 74.0 cm³/mol. The first-order valence-electron chi connectivity index (χ1n) is 7.21. The van der Waals surface area contributed by atoms with Crippen LogP contribution >= 0.6 is 0 Å². The Hall–Kier alpha value is -1.26. The lowest BCUT2D eigenvalue weighted by Gasteiger charge is -2.12. The second-order valence-electron chi connectivity index (χ2n) is 4.52. The lowest BCUT2D eigenvalue weighted by Crippen LogP contribution is -2.39. The summed E-state index contributed by atoms with van der Waals surface area (Å²) in [6.45, 7) is 6.17. The van der Waals surface area contributed by atoms with Gasteiger partial charge in [-0.2, -0.15) is 0 Å². The molecule has 0 aliphatic heterocycles. The molecule has 0 heterocycles. The molecule has 0 spiro atoms. The smallest absolute Gasteiger partial charge is 0.407 e. The summed E-state index contributed by atoms with van der Waals surface area (Å²) in [4.78, 5) is 22.6. The van der Waals surface area contributed by atoms with Gasteiger partial charge in [0.25, 0.3) is 0 Å². The summed E-state index contributed by atoms with van der Waals surface area (Å²) in [5, 5.41) is 2.41. The molecule has 0 saturated heterocycles. The number of nitrogens with one attached hydrogen (secondary N) is 1. The first-order chi connectivity index (χ1) is 9.11. The molecule has 0 aliphatic carbocycles. The van der Waals surface area contributed by atoms with E-state index in [9.17, 15) is 9.59 Å². The maximum atomic E-state index is 11.5. The van der Waals surface area contributed by atoms with Crippen molar-refractivity contribution in [2.24, 2.45) is 0 Å². The summed E-state index contributed by atoms with van der Waals surface area (Å²) in [7, 11) is 0. The van der Waals surface area contributed by atoms with Crippen molar-refractivity contribution in [3.05, 3.63) is 0 Å². The largest absolute Gasteiger partial charge is 0.464 e. The van der Waals surface area contributed by atoms with Crippen LogP contribution in [-0.4, -0.2) is 31.3 Å². The number of unbranched alkanes of at least 4 members (excludes halogenated alkanes) is 5. The Labute approximate surface area is 116 Å². The van der Waals surface area contributed by atoms with Gasteiger partial charge < -0.3 is 14.8 Å². The molecule has 0 aromatic carbocycles. The molecule has 5 heteroatoms. The molecule has 0 aliphatic rings. The molecule has 0 radical (unpaired) electrons. The van der Waals surface area contributed by atoms with Gasteiger partial charge >= 0.3 is 12.1 Å². The molecule has 19 heavy (non-hydrogen) atoms. The quantitative estimate of drug-likeness (QED) is 0.491. The zero-order chi connectivity index (χ0) is 14.5. The van der Waals surface area contributed by atoms with Crippen molar-refractivity contribution in [1.29, 1.82) is 0 Å². The highest BCUT2D eigenvalue weighted by atomic mass is 16.6. The van der Waals surface area contributed by atoms with Gasteiger partial charge in [-0.15, -0.1) is 0 Å². The van der Waals surface area contributed by atoms with Gasteiger partial charge in [0, 0.05) is 0 Å². The number of esters is 1. The molecule has 0 aromatic heterocycles. The van der Waals surface area contributed by atoms with Crippen LogP contribution in [0.1, 0.15) is 59.3 Å². The number of hydrogen-bond acceptors (Lipinski definition) is 4. The van der Waals surface area contributed by atoms with E-state index in [1.807, 2.05) is 0 Å². The molecule has 5 nitrogen and oxygen atoms in total. The summed E-state index contributed by atoms with van der Waals surface area (Å²) in [5.41, 5.74) is 0. The normalized spacial score (nSPS) is 11.7.